The Hall–Kier alpha value is -1.29. The zero-order valence-electron chi connectivity index (χ0n) is 8.49. The first-order valence-electron chi connectivity index (χ1n) is 4.61. The molecule has 1 aromatic rings. The highest BCUT2D eigenvalue weighted by Gasteiger charge is 2.11. The molecule has 78 valence electrons. The average molecular weight is 197 g/mol. The summed E-state index contributed by atoms with van der Waals surface area (Å²) >= 11 is 0. The van der Waals surface area contributed by atoms with Gasteiger partial charge in [0.15, 0.2) is 0 Å². The van der Waals surface area contributed by atoms with Crippen molar-refractivity contribution in [1.29, 1.82) is 0 Å². The van der Waals surface area contributed by atoms with Gasteiger partial charge in [0.25, 0.3) is 0 Å². The van der Waals surface area contributed by atoms with Crippen LogP contribution in [0.25, 0.3) is 0 Å². The van der Waals surface area contributed by atoms with E-state index in [0.29, 0.717) is 18.8 Å². The van der Waals surface area contributed by atoms with E-state index in [1.165, 1.54) is 0 Å². The molecule has 0 aliphatic carbocycles. The lowest BCUT2D eigenvalue weighted by atomic mass is 10.3. The summed E-state index contributed by atoms with van der Waals surface area (Å²) in [6, 6.07) is 3.47. The molecule has 4 heteroatoms. The number of ether oxygens (including phenoxy) is 1. The van der Waals surface area contributed by atoms with E-state index in [2.05, 4.69) is 0 Å². The van der Waals surface area contributed by atoms with Crippen LogP contribution < -0.4 is 0 Å². The van der Waals surface area contributed by atoms with Crippen molar-refractivity contribution in [2.45, 2.75) is 19.9 Å². The van der Waals surface area contributed by atoms with Crippen LogP contribution in [0.2, 0.25) is 0 Å². The van der Waals surface area contributed by atoms with Crippen LogP contribution >= 0.6 is 0 Å². The highest BCUT2D eigenvalue weighted by Crippen LogP contribution is 2.10. The van der Waals surface area contributed by atoms with Crippen molar-refractivity contribution in [1.82, 2.24) is 4.57 Å². The third-order valence-electron chi connectivity index (χ3n) is 2.17. The number of aromatic carboxylic acids is 1. The van der Waals surface area contributed by atoms with Crippen molar-refractivity contribution < 1.29 is 14.6 Å². The predicted molar refractivity (Wildman–Crippen MR) is 52.6 cm³/mol. The maximum absolute atomic E-state index is 10.8. The van der Waals surface area contributed by atoms with Gasteiger partial charge in [-0.2, -0.15) is 0 Å². The third kappa shape index (κ3) is 2.14. The van der Waals surface area contributed by atoms with E-state index < -0.39 is 5.97 Å². The number of carboxylic acid groups (broad SMARTS) is 1. The molecule has 1 rings (SSSR count). The van der Waals surface area contributed by atoms with Crippen molar-refractivity contribution in [2.75, 3.05) is 13.7 Å². The van der Waals surface area contributed by atoms with Crippen LogP contribution in [0.15, 0.2) is 12.1 Å². The van der Waals surface area contributed by atoms with Crippen molar-refractivity contribution in [2.24, 2.45) is 0 Å². The molecule has 1 heterocycles. The van der Waals surface area contributed by atoms with Gasteiger partial charge >= 0.3 is 5.97 Å². The number of hydrogen-bond acceptors (Lipinski definition) is 2. The molecule has 0 spiro atoms. The molecule has 0 atom stereocenters. The molecule has 4 nitrogen and oxygen atoms in total. The molecule has 0 amide bonds. The Morgan fingerprint density at radius 3 is 2.79 bits per heavy atom. The summed E-state index contributed by atoms with van der Waals surface area (Å²) in [6.07, 6.45) is 0.748. The minimum Gasteiger partial charge on any atom is -0.477 e. The predicted octanol–water partition coefficient (Wildman–Crippen LogP) is 1.40. The molecule has 0 aromatic carbocycles. The highest BCUT2D eigenvalue weighted by atomic mass is 16.5. The van der Waals surface area contributed by atoms with Crippen LogP contribution in [0.3, 0.4) is 0 Å². The second-order valence-corrected chi connectivity index (χ2v) is 3.00. The number of nitrogens with zero attached hydrogens (tertiary/aromatic N) is 1. The number of aromatic nitrogens is 1. The molecule has 0 aliphatic heterocycles. The lowest BCUT2D eigenvalue weighted by Crippen LogP contribution is -2.11. The van der Waals surface area contributed by atoms with Crippen LogP contribution in [-0.4, -0.2) is 29.4 Å². The standard InChI is InChI=1S/C10H15NO3/c1-3-11-8(6-7-14-2)4-5-9(11)10(12)13/h4-5H,3,6-7H2,1-2H3,(H,12,13). The van der Waals surface area contributed by atoms with Gasteiger partial charge in [-0.05, 0) is 19.1 Å². The maximum atomic E-state index is 10.8. The quantitative estimate of drug-likeness (QED) is 0.776. The Kier molecular flexibility index (Phi) is 3.71. The van der Waals surface area contributed by atoms with Crippen LogP contribution in [-0.2, 0) is 17.7 Å². The average Bonchev–Trinajstić information content (AvgIpc) is 2.57. The fourth-order valence-corrected chi connectivity index (χ4v) is 1.49. The summed E-state index contributed by atoms with van der Waals surface area (Å²) in [5.41, 5.74) is 1.35. The smallest absolute Gasteiger partial charge is 0.352 e. The molecule has 0 saturated heterocycles. The largest absolute Gasteiger partial charge is 0.477 e. The molecule has 0 unspecified atom stereocenters. The van der Waals surface area contributed by atoms with Gasteiger partial charge in [-0.25, -0.2) is 4.79 Å². The number of methoxy groups -OCH3 is 1. The lowest BCUT2D eigenvalue weighted by Gasteiger charge is -2.07. The summed E-state index contributed by atoms with van der Waals surface area (Å²) in [7, 11) is 1.64. The van der Waals surface area contributed by atoms with Gasteiger partial charge in [0, 0.05) is 25.8 Å². The van der Waals surface area contributed by atoms with E-state index in [0.717, 1.165) is 12.1 Å². The van der Waals surface area contributed by atoms with Gasteiger partial charge < -0.3 is 14.4 Å². The van der Waals surface area contributed by atoms with Gasteiger partial charge in [0.05, 0.1) is 6.61 Å². The second-order valence-electron chi connectivity index (χ2n) is 3.00. The SMILES string of the molecule is CCn1c(CCOC)ccc1C(=O)O. The van der Waals surface area contributed by atoms with E-state index >= 15 is 0 Å². The first kappa shape index (κ1) is 10.8. The second kappa shape index (κ2) is 4.81. The summed E-state index contributed by atoms with van der Waals surface area (Å²) in [5.74, 6) is -0.879. The molecular weight excluding hydrogens is 182 g/mol. The first-order valence-corrected chi connectivity index (χ1v) is 4.61. The summed E-state index contributed by atoms with van der Waals surface area (Å²) in [6.45, 7) is 3.22. The van der Waals surface area contributed by atoms with E-state index in [9.17, 15) is 4.79 Å². The normalized spacial score (nSPS) is 10.4. The number of rotatable bonds is 5. The number of carboxylic acids is 1. The van der Waals surface area contributed by atoms with Crippen molar-refractivity contribution in [3.05, 3.63) is 23.5 Å². The van der Waals surface area contributed by atoms with Gasteiger partial charge in [0.2, 0.25) is 0 Å². The summed E-state index contributed by atoms with van der Waals surface area (Å²) < 4.78 is 6.75. The number of hydrogen-bond donors (Lipinski definition) is 1. The van der Waals surface area contributed by atoms with Gasteiger partial charge in [-0.1, -0.05) is 0 Å². The van der Waals surface area contributed by atoms with Crippen LogP contribution in [0.1, 0.15) is 23.1 Å². The number of carbonyl (C=O) groups is 1. The molecular formula is C10H15NO3. The molecule has 0 bridgehead atoms. The topological polar surface area (TPSA) is 51.5 Å². The van der Waals surface area contributed by atoms with Gasteiger partial charge in [-0.3, -0.25) is 0 Å². The Morgan fingerprint density at radius 2 is 2.29 bits per heavy atom. The maximum Gasteiger partial charge on any atom is 0.352 e. The zero-order chi connectivity index (χ0) is 10.6. The fraction of sp³-hybridized carbons (Fsp3) is 0.500. The molecule has 0 fully saturated rings. The van der Waals surface area contributed by atoms with E-state index in [1.54, 1.807) is 17.7 Å². The highest BCUT2D eigenvalue weighted by molar-refractivity contribution is 5.86. The van der Waals surface area contributed by atoms with E-state index in [-0.39, 0.29) is 0 Å². The summed E-state index contributed by atoms with van der Waals surface area (Å²) in [4.78, 5) is 10.8. The monoisotopic (exact) mass is 197 g/mol. The van der Waals surface area contributed by atoms with Crippen molar-refractivity contribution >= 4 is 5.97 Å². The Labute approximate surface area is 83.1 Å². The van der Waals surface area contributed by atoms with Crippen molar-refractivity contribution in [3.63, 3.8) is 0 Å². The van der Waals surface area contributed by atoms with Crippen LogP contribution in [0.5, 0.6) is 0 Å². The molecule has 0 radical (unpaired) electrons. The molecule has 0 saturated carbocycles. The van der Waals surface area contributed by atoms with Crippen LogP contribution in [0, 0.1) is 0 Å². The molecule has 1 N–H and O–H groups in total. The molecule has 1 aromatic heterocycles. The Bertz CT molecular complexity index is 317. The third-order valence-corrected chi connectivity index (χ3v) is 2.17. The molecule has 14 heavy (non-hydrogen) atoms. The minimum atomic E-state index is -0.879. The Balaban J connectivity index is 2.89. The first-order chi connectivity index (χ1) is 6.70. The fourth-order valence-electron chi connectivity index (χ4n) is 1.49. The van der Waals surface area contributed by atoms with Crippen LogP contribution in [0.4, 0.5) is 0 Å². The molecule has 0 aliphatic rings. The van der Waals surface area contributed by atoms with Crippen molar-refractivity contribution in [3.8, 4) is 0 Å². The zero-order valence-corrected chi connectivity index (χ0v) is 8.49. The van der Waals surface area contributed by atoms with E-state index in [4.69, 9.17) is 9.84 Å². The van der Waals surface area contributed by atoms with Gasteiger partial charge in [-0.15, -0.1) is 0 Å². The summed E-state index contributed by atoms with van der Waals surface area (Å²) in [5, 5.41) is 8.88. The Morgan fingerprint density at radius 1 is 1.57 bits per heavy atom. The minimum absolute atomic E-state index is 0.346. The van der Waals surface area contributed by atoms with Gasteiger partial charge in [0.1, 0.15) is 5.69 Å². The lowest BCUT2D eigenvalue weighted by molar-refractivity contribution is 0.0684. The van der Waals surface area contributed by atoms with E-state index in [1.807, 2.05) is 13.0 Å².